The lowest BCUT2D eigenvalue weighted by Gasteiger charge is -1.92. The molecule has 0 saturated heterocycles. The molecule has 1 nitrogen and oxygen atoms in total. The van der Waals surface area contributed by atoms with Crippen LogP contribution in [0.2, 0.25) is 0 Å². The van der Waals surface area contributed by atoms with E-state index in [1.165, 1.54) is 6.20 Å². The highest BCUT2D eigenvalue weighted by molar-refractivity contribution is 5.48. The third kappa shape index (κ3) is 2.45. The van der Waals surface area contributed by atoms with E-state index in [-0.39, 0.29) is 0 Å². The maximum atomic E-state index is 11.7. The monoisotopic (exact) mass is 155 g/mol. The van der Waals surface area contributed by atoms with Crippen molar-refractivity contribution in [2.45, 2.75) is 6.92 Å². The Bertz CT molecular complexity index is 277. The van der Waals surface area contributed by atoms with Crippen LogP contribution in [0, 0.1) is 6.92 Å². The van der Waals surface area contributed by atoms with Crippen LogP contribution in [0.15, 0.2) is 24.5 Å². The van der Waals surface area contributed by atoms with Crippen LogP contribution in [-0.4, -0.2) is 4.98 Å². The Balaban J connectivity index is 2.97. The van der Waals surface area contributed by atoms with Gasteiger partial charge in [-0.25, -0.2) is 0 Å². The lowest BCUT2D eigenvalue weighted by Crippen LogP contribution is -1.78. The number of aryl methyl sites for hydroxylation is 1. The average Bonchev–Trinajstić information content (AvgIpc) is 1.85. The standard InChI is InChI=1S/C8H7F2N/c1-6-2-7(3-8(9)10)5-11-4-6/h2-5H,1H3. The molecule has 0 radical (unpaired) electrons. The molecule has 0 fully saturated rings. The van der Waals surface area contributed by atoms with E-state index in [1.807, 2.05) is 0 Å². The van der Waals surface area contributed by atoms with E-state index in [1.54, 1.807) is 19.2 Å². The lowest BCUT2D eigenvalue weighted by atomic mass is 10.2. The fraction of sp³-hybridized carbons (Fsp3) is 0.125. The van der Waals surface area contributed by atoms with Crippen LogP contribution in [0.4, 0.5) is 8.78 Å². The Morgan fingerprint density at radius 2 is 2.18 bits per heavy atom. The summed E-state index contributed by atoms with van der Waals surface area (Å²) in [6.45, 7) is 1.81. The topological polar surface area (TPSA) is 12.9 Å². The van der Waals surface area contributed by atoms with Gasteiger partial charge in [0.25, 0.3) is 6.08 Å². The van der Waals surface area contributed by atoms with Crippen LogP contribution in [0.1, 0.15) is 11.1 Å². The lowest BCUT2D eigenvalue weighted by molar-refractivity contribution is 0.429. The van der Waals surface area contributed by atoms with Crippen molar-refractivity contribution < 1.29 is 8.78 Å². The first-order chi connectivity index (χ1) is 5.18. The molecule has 0 bridgehead atoms. The maximum absolute atomic E-state index is 11.7. The van der Waals surface area contributed by atoms with Gasteiger partial charge in [0.2, 0.25) is 0 Å². The zero-order chi connectivity index (χ0) is 8.27. The molecule has 0 aliphatic heterocycles. The van der Waals surface area contributed by atoms with Crippen molar-refractivity contribution in [2.24, 2.45) is 0 Å². The summed E-state index contributed by atoms with van der Waals surface area (Å²) in [5.41, 5.74) is 1.31. The van der Waals surface area contributed by atoms with E-state index in [2.05, 4.69) is 4.98 Å². The average molecular weight is 155 g/mol. The van der Waals surface area contributed by atoms with Gasteiger partial charge in [-0.15, -0.1) is 0 Å². The van der Waals surface area contributed by atoms with Gasteiger partial charge < -0.3 is 0 Å². The molecule has 1 aromatic heterocycles. The van der Waals surface area contributed by atoms with E-state index in [0.29, 0.717) is 5.56 Å². The van der Waals surface area contributed by atoms with Gasteiger partial charge in [0.15, 0.2) is 0 Å². The number of hydrogen-bond acceptors (Lipinski definition) is 1. The van der Waals surface area contributed by atoms with E-state index in [4.69, 9.17) is 0 Å². The zero-order valence-corrected chi connectivity index (χ0v) is 6.01. The Hall–Kier alpha value is -1.25. The number of pyridine rings is 1. The molecule has 0 spiro atoms. The number of aromatic nitrogens is 1. The molecule has 1 aromatic rings. The summed E-state index contributed by atoms with van der Waals surface area (Å²) in [5, 5.41) is 0. The predicted molar refractivity (Wildman–Crippen MR) is 39.2 cm³/mol. The second kappa shape index (κ2) is 3.23. The van der Waals surface area contributed by atoms with E-state index >= 15 is 0 Å². The largest absolute Gasteiger partial charge is 0.270 e. The Morgan fingerprint density at radius 3 is 2.73 bits per heavy atom. The highest BCUT2D eigenvalue weighted by Crippen LogP contribution is 2.08. The molecule has 1 rings (SSSR count). The van der Waals surface area contributed by atoms with Crippen LogP contribution >= 0.6 is 0 Å². The summed E-state index contributed by atoms with van der Waals surface area (Å²) in [7, 11) is 0. The quantitative estimate of drug-likeness (QED) is 0.607. The van der Waals surface area contributed by atoms with Crippen LogP contribution in [0.25, 0.3) is 6.08 Å². The van der Waals surface area contributed by atoms with E-state index < -0.39 is 6.08 Å². The van der Waals surface area contributed by atoms with Crippen molar-refractivity contribution in [3.05, 3.63) is 35.7 Å². The van der Waals surface area contributed by atoms with Crippen molar-refractivity contribution in [3.63, 3.8) is 0 Å². The summed E-state index contributed by atoms with van der Waals surface area (Å²) in [6, 6.07) is 1.64. The van der Waals surface area contributed by atoms with Gasteiger partial charge in [0.1, 0.15) is 0 Å². The van der Waals surface area contributed by atoms with Gasteiger partial charge in [0.05, 0.1) is 0 Å². The molecule has 1 heterocycles. The van der Waals surface area contributed by atoms with Crippen molar-refractivity contribution in [2.75, 3.05) is 0 Å². The van der Waals surface area contributed by atoms with Gasteiger partial charge in [-0.1, -0.05) is 0 Å². The molecule has 0 saturated carbocycles. The number of halogens is 2. The van der Waals surface area contributed by atoms with Crippen LogP contribution in [0.5, 0.6) is 0 Å². The van der Waals surface area contributed by atoms with Gasteiger partial charge in [-0.2, -0.15) is 8.78 Å². The van der Waals surface area contributed by atoms with Crippen molar-refractivity contribution >= 4 is 6.08 Å². The van der Waals surface area contributed by atoms with Gasteiger partial charge >= 0.3 is 0 Å². The third-order valence-corrected chi connectivity index (χ3v) is 1.17. The van der Waals surface area contributed by atoms with Gasteiger partial charge in [-0.05, 0) is 24.1 Å². The molecular weight excluding hydrogens is 148 g/mol. The highest BCUT2D eigenvalue weighted by Gasteiger charge is 1.92. The zero-order valence-electron chi connectivity index (χ0n) is 6.01. The van der Waals surface area contributed by atoms with Crippen molar-refractivity contribution in [3.8, 4) is 0 Å². The molecule has 0 aliphatic rings. The third-order valence-electron chi connectivity index (χ3n) is 1.17. The van der Waals surface area contributed by atoms with Gasteiger partial charge in [0, 0.05) is 18.5 Å². The number of nitrogens with zero attached hydrogens (tertiary/aromatic N) is 1. The smallest absolute Gasteiger partial charge is 0.264 e. The first-order valence-electron chi connectivity index (χ1n) is 3.13. The normalized spacial score (nSPS) is 9.36. The minimum atomic E-state index is -1.70. The summed E-state index contributed by atoms with van der Waals surface area (Å²) >= 11 is 0. The SMILES string of the molecule is Cc1cncc(C=C(F)F)c1. The molecule has 58 valence electrons. The molecule has 0 unspecified atom stereocenters. The molecule has 0 atom stereocenters. The Labute approximate surface area is 63.4 Å². The number of rotatable bonds is 1. The second-order valence-electron chi connectivity index (χ2n) is 2.23. The minimum Gasteiger partial charge on any atom is -0.264 e. The Kier molecular flexibility index (Phi) is 2.31. The summed E-state index contributed by atoms with van der Waals surface area (Å²) in [6.07, 6.45) is 2.11. The first kappa shape index (κ1) is 7.85. The number of hydrogen-bond donors (Lipinski definition) is 0. The predicted octanol–water partition coefficient (Wildman–Crippen LogP) is 2.63. The first-order valence-corrected chi connectivity index (χ1v) is 3.13. The van der Waals surface area contributed by atoms with Crippen LogP contribution in [0.3, 0.4) is 0 Å². The molecular formula is C8H7F2N. The second-order valence-corrected chi connectivity index (χ2v) is 2.23. The van der Waals surface area contributed by atoms with Gasteiger partial charge in [-0.3, -0.25) is 4.98 Å². The van der Waals surface area contributed by atoms with E-state index in [0.717, 1.165) is 11.6 Å². The molecule has 3 heteroatoms. The minimum absolute atomic E-state index is 0.435. The maximum Gasteiger partial charge on any atom is 0.270 e. The summed E-state index contributed by atoms with van der Waals surface area (Å²) in [4.78, 5) is 3.76. The molecule has 0 aliphatic carbocycles. The van der Waals surface area contributed by atoms with E-state index in [9.17, 15) is 8.78 Å². The molecule has 0 N–H and O–H groups in total. The fourth-order valence-electron chi connectivity index (χ4n) is 0.783. The van der Waals surface area contributed by atoms with Crippen LogP contribution < -0.4 is 0 Å². The van der Waals surface area contributed by atoms with Crippen LogP contribution in [-0.2, 0) is 0 Å². The van der Waals surface area contributed by atoms with Crippen molar-refractivity contribution in [1.82, 2.24) is 4.98 Å². The molecule has 11 heavy (non-hydrogen) atoms. The summed E-state index contributed by atoms with van der Waals surface area (Å²) < 4.78 is 23.4. The van der Waals surface area contributed by atoms with Crippen molar-refractivity contribution in [1.29, 1.82) is 0 Å². The molecule has 0 aromatic carbocycles. The molecule has 0 amide bonds. The Morgan fingerprint density at radius 1 is 1.45 bits per heavy atom. The highest BCUT2D eigenvalue weighted by atomic mass is 19.3. The summed E-state index contributed by atoms with van der Waals surface area (Å²) in [5.74, 6) is 0. The fourth-order valence-corrected chi connectivity index (χ4v) is 0.783.